The smallest absolute Gasteiger partial charge is 1.00 e. The van der Waals surface area contributed by atoms with Gasteiger partial charge in [0.05, 0.1) is 26.2 Å². The van der Waals surface area contributed by atoms with Crippen LogP contribution in [0.2, 0.25) is 0 Å². The third-order valence-electron chi connectivity index (χ3n) is 2.14. The number of carbonyl (C=O) groups excluding carboxylic acids is 3. The van der Waals surface area contributed by atoms with Crippen LogP contribution in [0, 0.1) is 0 Å². The largest absolute Gasteiger partial charge is 1.00 e. The van der Waals surface area contributed by atoms with E-state index in [9.17, 15) is 14.4 Å². The Labute approximate surface area is 128 Å². The van der Waals surface area contributed by atoms with Crippen molar-refractivity contribution in [2.24, 2.45) is 0 Å². The van der Waals surface area contributed by atoms with Crippen molar-refractivity contribution >= 4 is 17.5 Å². The van der Waals surface area contributed by atoms with Crippen LogP contribution in [0.4, 0.5) is 0 Å². The number of hydrogen-bond acceptors (Lipinski definition) is 5. The van der Waals surface area contributed by atoms with Crippen LogP contribution in [0.3, 0.4) is 0 Å². The summed E-state index contributed by atoms with van der Waals surface area (Å²) in [5, 5.41) is 0. The Kier molecular flexibility index (Phi) is 7.50. The Morgan fingerprint density at radius 3 is 2.33 bits per heavy atom. The van der Waals surface area contributed by atoms with E-state index in [4.69, 9.17) is 4.74 Å². The van der Waals surface area contributed by atoms with Crippen LogP contribution in [0.1, 0.15) is 18.2 Å². The Balaban J connectivity index is 0. The predicted octanol–water partition coefficient (Wildman–Crippen LogP) is -1.87. The monoisotopic (exact) mass is 260 g/mol. The van der Waals surface area contributed by atoms with Gasteiger partial charge in [-0.1, -0.05) is 12.1 Å². The molecule has 0 N–H and O–H groups in total. The van der Waals surface area contributed by atoms with Gasteiger partial charge in [0.15, 0.2) is 5.78 Å². The summed E-state index contributed by atoms with van der Waals surface area (Å²) in [6.45, 7) is 0. The van der Waals surface area contributed by atoms with E-state index in [0.717, 1.165) is 7.11 Å². The molecule has 92 valence electrons. The number of methoxy groups -OCH3 is 2. The Morgan fingerprint density at radius 1 is 1.17 bits per heavy atom. The van der Waals surface area contributed by atoms with Crippen LogP contribution < -0.4 is 34.3 Å². The molecule has 0 amide bonds. The number of hydrogen-bond donors (Lipinski definition) is 0. The van der Waals surface area contributed by atoms with Gasteiger partial charge in [-0.25, -0.2) is 4.79 Å². The molecule has 6 heteroatoms. The van der Waals surface area contributed by atoms with Gasteiger partial charge in [0.25, 0.3) is 0 Å². The summed E-state index contributed by atoms with van der Waals surface area (Å²) >= 11 is 0. The molecule has 0 radical (unpaired) electrons. The molecule has 1 rings (SSSR count). The van der Waals surface area contributed by atoms with Gasteiger partial charge in [0, 0.05) is 0 Å². The summed E-state index contributed by atoms with van der Waals surface area (Å²) in [6, 6.07) is 6.50. The van der Waals surface area contributed by atoms with E-state index in [2.05, 4.69) is 4.74 Å². The third-order valence-corrected chi connectivity index (χ3v) is 2.14. The average molecular weight is 260 g/mol. The number of rotatable bonds is 5. The molecule has 0 atom stereocenters. The molecule has 1 aromatic rings. The summed E-state index contributed by atoms with van der Waals surface area (Å²) in [5.41, 5.74) is 0.271. The van der Waals surface area contributed by atoms with Crippen molar-refractivity contribution in [1.82, 2.24) is 0 Å². The second kappa shape index (κ2) is 8.02. The molecule has 0 bridgehead atoms. The van der Waals surface area contributed by atoms with Crippen molar-refractivity contribution in [2.45, 2.75) is 6.42 Å². The molecule has 0 unspecified atom stereocenters. The fourth-order valence-electron chi connectivity index (χ4n) is 1.30. The maximum Gasteiger partial charge on any atom is 1.00 e. The topological polar surface area (TPSA) is 69.7 Å². The maximum absolute atomic E-state index is 11.7. The van der Waals surface area contributed by atoms with Gasteiger partial charge in [-0.3, -0.25) is 9.59 Å². The summed E-state index contributed by atoms with van der Waals surface area (Å²) < 4.78 is 9.22. The quantitative estimate of drug-likeness (QED) is 0.204. The number of ether oxygens (including phenoxy) is 2. The second-order valence-corrected chi connectivity index (χ2v) is 3.21. The minimum Gasteiger partial charge on any atom is -1.00 e. The summed E-state index contributed by atoms with van der Waals surface area (Å²) in [6.07, 6.45) is -0.521. The minimum absolute atomic E-state index is 0. The molecule has 0 aromatic heterocycles. The zero-order valence-electron chi connectivity index (χ0n) is 11.6. The fraction of sp³-hybridized carbons (Fsp3) is 0.250. The van der Waals surface area contributed by atoms with Crippen LogP contribution in [0.15, 0.2) is 24.3 Å². The van der Waals surface area contributed by atoms with Crippen LogP contribution in [0.5, 0.6) is 5.75 Å². The predicted molar refractivity (Wildman–Crippen MR) is 60.1 cm³/mol. The van der Waals surface area contributed by atoms with Crippen molar-refractivity contribution in [1.29, 1.82) is 0 Å². The summed E-state index contributed by atoms with van der Waals surface area (Å²) in [5.74, 6) is -2.00. The van der Waals surface area contributed by atoms with Crippen LogP contribution in [-0.2, 0) is 14.3 Å². The fourth-order valence-corrected chi connectivity index (χ4v) is 1.30. The molecule has 0 aliphatic carbocycles. The molecule has 0 aliphatic heterocycles. The van der Waals surface area contributed by atoms with Gasteiger partial charge in [0.1, 0.15) is 5.75 Å². The van der Waals surface area contributed by atoms with Gasteiger partial charge in [0.2, 0.25) is 5.78 Å². The second-order valence-electron chi connectivity index (χ2n) is 3.21. The molecular formula is C12H13NaO5. The maximum atomic E-state index is 11.7. The van der Waals surface area contributed by atoms with Crippen LogP contribution in [0.25, 0.3) is 0 Å². The molecular weight excluding hydrogens is 247 g/mol. The first-order valence-corrected chi connectivity index (χ1v) is 4.87. The van der Waals surface area contributed by atoms with Gasteiger partial charge < -0.3 is 10.9 Å². The van der Waals surface area contributed by atoms with E-state index in [-0.39, 0.29) is 36.5 Å². The number of ketones is 2. The first-order valence-electron chi connectivity index (χ1n) is 4.87. The molecule has 18 heavy (non-hydrogen) atoms. The SMILES string of the molecule is COC(=O)C(=O)CC(=O)c1ccccc1OC.[H-].[Na+]. The van der Waals surface area contributed by atoms with Crippen molar-refractivity contribution in [3.63, 3.8) is 0 Å². The van der Waals surface area contributed by atoms with Crippen molar-refractivity contribution in [3.05, 3.63) is 29.8 Å². The zero-order valence-corrected chi connectivity index (χ0v) is 12.6. The van der Waals surface area contributed by atoms with Crippen LogP contribution >= 0.6 is 0 Å². The van der Waals surface area contributed by atoms with E-state index in [1.54, 1.807) is 18.2 Å². The van der Waals surface area contributed by atoms with Gasteiger partial charge >= 0.3 is 35.5 Å². The van der Waals surface area contributed by atoms with Crippen molar-refractivity contribution in [2.75, 3.05) is 14.2 Å². The Morgan fingerprint density at radius 2 is 1.78 bits per heavy atom. The molecule has 0 saturated carbocycles. The number of benzene rings is 1. The normalized spacial score (nSPS) is 9.00. The van der Waals surface area contributed by atoms with Crippen LogP contribution in [-0.4, -0.2) is 31.8 Å². The molecule has 0 aliphatic rings. The summed E-state index contributed by atoms with van der Waals surface area (Å²) in [7, 11) is 2.52. The van der Waals surface area contributed by atoms with E-state index < -0.39 is 24.0 Å². The number of carbonyl (C=O) groups is 3. The zero-order chi connectivity index (χ0) is 12.8. The Hall–Kier alpha value is -1.17. The van der Waals surface area contributed by atoms with Crippen molar-refractivity contribution < 1.29 is 54.8 Å². The van der Waals surface area contributed by atoms with Crippen molar-refractivity contribution in [3.8, 4) is 5.75 Å². The molecule has 1 aromatic carbocycles. The molecule has 0 heterocycles. The summed E-state index contributed by atoms with van der Waals surface area (Å²) in [4.78, 5) is 33.8. The Bertz CT molecular complexity index is 461. The molecule has 0 saturated heterocycles. The first kappa shape index (κ1) is 16.8. The van der Waals surface area contributed by atoms with E-state index in [0.29, 0.717) is 5.75 Å². The molecule has 0 fully saturated rings. The number of para-hydroxylation sites is 1. The average Bonchev–Trinajstić information content (AvgIpc) is 2.37. The number of Topliss-reactive ketones (excluding diaryl/α,β-unsaturated/α-hetero) is 2. The third kappa shape index (κ3) is 4.25. The van der Waals surface area contributed by atoms with E-state index in [1.165, 1.54) is 13.2 Å². The standard InChI is InChI=1S/C12H12O5.Na.H/c1-16-11-6-4-3-5-8(11)9(13)7-10(14)12(15)17-2;;/h3-6H,7H2,1-2H3;;/q;+1;-1. The molecule has 5 nitrogen and oxygen atoms in total. The van der Waals surface area contributed by atoms with Gasteiger partial charge in [-0.2, -0.15) is 0 Å². The van der Waals surface area contributed by atoms with E-state index >= 15 is 0 Å². The van der Waals surface area contributed by atoms with E-state index in [1.807, 2.05) is 0 Å². The van der Waals surface area contributed by atoms with Gasteiger partial charge in [-0.15, -0.1) is 0 Å². The number of esters is 1. The van der Waals surface area contributed by atoms with Gasteiger partial charge in [-0.05, 0) is 12.1 Å². The first-order chi connectivity index (χ1) is 8.10. The molecule has 0 spiro atoms. The minimum atomic E-state index is -1.02.